The van der Waals surface area contributed by atoms with Gasteiger partial charge in [0, 0.05) is 21.4 Å². The molecule has 4 heteroatoms. The molecule has 2 aromatic carbocycles. The third kappa shape index (κ3) is 3.55. The predicted molar refractivity (Wildman–Crippen MR) is 109 cm³/mol. The molecular formula is C21H26N2OS. The second-order valence-corrected chi connectivity index (χ2v) is 7.17. The summed E-state index contributed by atoms with van der Waals surface area (Å²) in [5.74, 6) is 0.905. The molecule has 0 unspecified atom stereocenters. The Balaban J connectivity index is 2.21. The minimum absolute atomic E-state index is 0.738. The Morgan fingerprint density at radius 3 is 2.72 bits per heavy atom. The van der Waals surface area contributed by atoms with Gasteiger partial charge < -0.3 is 15.5 Å². The predicted octanol–water partition coefficient (Wildman–Crippen LogP) is 5.16. The van der Waals surface area contributed by atoms with E-state index in [1.807, 2.05) is 0 Å². The standard InChI is InChI=1S/C21H26N2OS/c1-14-7-6-9-16-17(8-4-5-12-22)21(23-20(14)16)18-13-15(25-3)10-11-19(18)24-2/h6-7,9-11,13,23H,4-5,8,12,22H2,1-3H3. The van der Waals surface area contributed by atoms with Crippen LogP contribution in [-0.2, 0) is 6.42 Å². The fourth-order valence-corrected chi connectivity index (χ4v) is 3.81. The van der Waals surface area contributed by atoms with Crippen LogP contribution in [0.25, 0.3) is 22.2 Å². The van der Waals surface area contributed by atoms with Gasteiger partial charge in [-0.05, 0) is 68.3 Å². The molecule has 0 fully saturated rings. The summed E-state index contributed by atoms with van der Waals surface area (Å²) in [6.45, 7) is 2.89. The van der Waals surface area contributed by atoms with Crippen LogP contribution in [0.5, 0.6) is 5.75 Å². The van der Waals surface area contributed by atoms with Crippen LogP contribution >= 0.6 is 11.8 Å². The second kappa shape index (κ2) is 7.98. The van der Waals surface area contributed by atoms with Crippen molar-refractivity contribution < 1.29 is 4.74 Å². The van der Waals surface area contributed by atoms with Crippen LogP contribution in [0.2, 0.25) is 0 Å². The third-order valence-corrected chi connectivity index (χ3v) is 5.43. The number of thioether (sulfide) groups is 1. The van der Waals surface area contributed by atoms with Crippen molar-refractivity contribution in [1.82, 2.24) is 4.98 Å². The van der Waals surface area contributed by atoms with Gasteiger partial charge in [0.1, 0.15) is 5.75 Å². The van der Waals surface area contributed by atoms with Gasteiger partial charge in [-0.25, -0.2) is 0 Å². The summed E-state index contributed by atoms with van der Waals surface area (Å²) in [4.78, 5) is 4.92. The summed E-state index contributed by atoms with van der Waals surface area (Å²) in [5, 5.41) is 1.31. The Morgan fingerprint density at radius 1 is 1.16 bits per heavy atom. The zero-order chi connectivity index (χ0) is 17.8. The first-order valence-corrected chi connectivity index (χ1v) is 9.94. The summed E-state index contributed by atoms with van der Waals surface area (Å²) in [6, 6.07) is 12.9. The molecule has 25 heavy (non-hydrogen) atoms. The first kappa shape index (κ1) is 17.9. The number of methoxy groups -OCH3 is 1. The van der Waals surface area contributed by atoms with Crippen molar-refractivity contribution >= 4 is 22.7 Å². The van der Waals surface area contributed by atoms with E-state index >= 15 is 0 Å². The zero-order valence-corrected chi connectivity index (χ0v) is 16.0. The number of aromatic nitrogens is 1. The number of ether oxygens (including phenoxy) is 1. The van der Waals surface area contributed by atoms with Crippen molar-refractivity contribution in [2.75, 3.05) is 19.9 Å². The fraction of sp³-hybridized carbons (Fsp3) is 0.333. The Kier molecular flexibility index (Phi) is 5.71. The molecule has 0 spiro atoms. The van der Waals surface area contributed by atoms with Crippen molar-refractivity contribution in [3.8, 4) is 17.0 Å². The van der Waals surface area contributed by atoms with E-state index in [9.17, 15) is 0 Å². The van der Waals surface area contributed by atoms with Gasteiger partial charge in [-0.3, -0.25) is 0 Å². The van der Waals surface area contributed by atoms with Crippen molar-refractivity contribution in [3.05, 3.63) is 47.5 Å². The molecule has 3 rings (SSSR count). The van der Waals surface area contributed by atoms with Crippen LogP contribution in [0.1, 0.15) is 24.0 Å². The highest BCUT2D eigenvalue weighted by atomic mass is 32.2. The van der Waals surface area contributed by atoms with Gasteiger partial charge >= 0.3 is 0 Å². The lowest BCUT2D eigenvalue weighted by molar-refractivity contribution is 0.416. The lowest BCUT2D eigenvalue weighted by atomic mass is 9.99. The molecule has 0 atom stereocenters. The first-order valence-electron chi connectivity index (χ1n) is 8.72. The SMILES string of the molecule is COc1ccc(SC)cc1-c1[nH]c2c(C)cccc2c1CCCCN. The van der Waals surface area contributed by atoms with Gasteiger partial charge in [-0.1, -0.05) is 18.2 Å². The normalized spacial score (nSPS) is 11.2. The second-order valence-electron chi connectivity index (χ2n) is 6.29. The Hall–Kier alpha value is -1.91. The number of hydrogen-bond acceptors (Lipinski definition) is 3. The van der Waals surface area contributed by atoms with Crippen molar-refractivity contribution in [2.45, 2.75) is 31.1 Å². The van der Waals surface area contributed by atoms with E-state index in [0.29, 0.717) is 0 Å². The number of benzene rings is 2. The number of aromatic amines is 1. The Bertz CT molecular complexity index is 870. The molecule has 3 nitrogen and oxygen atoms in total. The maximum absolute atomic E-state index is 5.71. The molecule has 132 valence electrons. The molecule has 0 aliphatic heterocycles. The maximum Gasteiger partial charge on any atom is 0.128 e. The Morgan fingerprint density at radius 2 is 2.00 bits per heavy atom. The van der Waals surface area contributed by atoms with Crippen LogP contribution in [0.3, 0.4) is 0 Å². The average molecular weight is 355 g/mol. The number of nitrogens with one attached hydrogen (secondary N) is 1. The van der Waals surface area contributed by atoms with Gasteiger partial charge in [-0.2, -0.15) is 0 Å². The van der Waals surface area contributed by atoms with Crippen LogP contribution < -0.4 is 10.5 Å². The minimum Gasteiger partial charge on any atom is -0.496 e. The summed E-state index contributed by atoms with van der Waals surface area (Å²) in [7, 11) is 1.74. The molecule has 0 bridgehead atoms. The summed E-state index contributed by atoms with van der Waals surface area (Å²) >= 11 is 1.75. The third-order valence-electron chi connectivity index (χ3n) is 4.71. The van der Waals surface area contributed by atoms with Crippen LogP contribution in [0.15, 0.2) is 41.3 Å². The van der Waals surface area contributed by atoms with E-state index in [2.05, 4.69) is 54.6 Å². The molecule has 3 aromatic rings. The van der Waals surface area contributed by atoms with Gasteiger partial charge in [0.15, 0.2) is 0 Å². The van der Waals surface area contributed by atoms with E-state index in [1.165, 1.54) is 32.6 Å². The summed E-state index contributed by atoms with van der Waals surface area (Å²) in [6.07, 6.45) is 5.25. The molecular weight excluding hydrogens is 328 g/mol. The molecule has 0 radical (unpaired) electrons. The molecule has 0 aliphatic rings. The number of fused-ring (bicyclic) bond motifs is 1. The number of aryl methyl sites for hydroxylation is 2. The average Bonchev–Trinajstić information content (AvgIpc) is 3.01. The number of unbranched alkanes of at least 4 members (excludes halogenated alkanes) is 1. The van der Waals surface area contributed by atoms with E-state index in [1.54, 1.807) is 18.9 Å². The highest BCUT2D eigenvalue weighted by Gasteiger charge is 2.17. The fourth-order valence-electron chi connectivity index (χ4n) is 3.37. The number of para-hydroxylation sites is 1. The molecule has 0 aliphatic carbocycles. The Labute approximate surface area is 154 Å². The van der Waals surface area contributed by atoms with E-state index < -0.39 is 0 Å². The van der Waals surface area contributed by atoms with Gasteiger partial charge in [-0.15, -0.1) is 11.8 Å². The van der Waals surface area contributed by atoms with Crippen LogP contribution in [0, 0.1) is 6.92 Å². The minimum atomic E-state index is 0.738. The number of rotatable bonds is 7. The van der Waals surface area contributed by atoms with Crippen LogP contribution in [0.4, 0.5) is 0 Å². The molecule has 3 N–H and O–H groups in total. The topological polar surface area (TPSA) is 51.0 Å². The molecule has 1 aromatic heterocycles. The smallest absolute Gasteiger partial charge is 0.128 e. The molecule has 0 saturated carbocycles. The molecule has 0 saturated heterocycles. The highest BCUT2D eigenvalue weighted by Crippen LogP contribution is 2.39. The number of H-pyrrole nitrogens is 1. The lowest BCUT2D eigenvalue weighted by Crippen LogP contribution is -1.99. The molecule has 0 amide bonds. The van der Waals surface area contributed by atoms with Crippen molar-refractivity contribution in [2.24, 2.45) is 5.73 Å². The first-order chi connectivity index (χ1) is 12.2. The van der Waals surface area contributed by atoms with E-state index in [0.717, 1.165) is 37.1 Å². The quantitative estimate of drug-likeness (QED) is 0.455. The lowest BCUT2D eigenvalue weighted by Gasteiger charge is -2.11. The van der Waals surface area contributed by atoms with Gasteiger partial charge in [0.25, 0.3) is 0 Å². The maximum atomic E-state index is 5.71. The number of nitrogens with two attached hydrogens (primary N) is 1. The van der Waals surface area contributed by atoms with Crippen molar-refractivity contribution in [3.63, 3.8) is 0 Å². The van der Waals surface area contributed by atoms with Crippen LogP contribution in [-0.4, -0.2) is 24.9 Å². The monoisotopic (exact) mass is 354 g/mol. The zero-order valence-electron chi connectivity index (χ0n) is 15.2. The summed E-state index contributed by atoms with van der Waals surface area (Å²) in [5.41, 5.74) is 11.9. The largest absolute Gasteiger partial charge is 0.496 e. The molecule has 1 heterocycles. The highest BCUT2D eigenvalue weighted by molar-refractivity contribution is 7.98. The van der Waals surface area contributed by atoms with E-state index in [-0.39, 0.29) is 0 Å². The van der Waals surface area contributed by atoms with Gasteiger partial charge in [0.2, 0.25) is 0 Å². The van der Waals surface area contributed by atoms with Gasteiger partial charge in [0.05, 0.1) is 12.8 Å². The van der Waals surface area contributed by atoms with Crippen molar-refractivity contribution in [1.29, 1.82) is 0 Å². The van der Waals surface area contributed by atoms with E-state index in [4.69, 9.17) is 10.5 Å². The summed E-state index contributed by atoms with van der Waals surface area (Å²) < 4.78 is 5.66. The number of hydrogen-bond donors (Lipinski definition) is 2.